The monoisotopic (exact) mass is 268 g/mol. The van der Waals surface area contributed by atoms with Gasteiger partial charge in [-0.05, 0) is 0 Å². The Bertz CT molecular complexity index is 810. The summed E-state index contributed by atoms with van der Waals surface area (Å²) in [6.45, 7) is 0. The van der Waals surface area contributed by atoms with E-state index in [1.54, 1.807) is 24.3 Å². The van der Waals surface area contributed by atoms with Crippen molar-refractivity contribution >= 4 is 27.9 Å². The molecule has 0 saturated carbocycles. The molecule has 7 N–H and O–H groups in total. The van der Waals surface area contributed by atoms with Crippen LogP contribution < -0.4 is 5.73 Å². The summed E-state index contributed by atoms with van der Waals surface area (Å²) in [4.78, 5) is 0. The molecule has 100 valence electrons. The van der Waals surface area contributed by atoms with E-state index in [2.05, 4.69) is 0 Å². The third-order valence-electron chi connectivity index (χ3n) is 3.57. The van der Waals surface area contributed by atoms with E-state index in [1.165, 1.54) is 0 Å². The maximum absolute atomic E-state index is 10.3. The molecule has 1 aliphatic carbocycles. The van der Waals surface area contributed by atoms with Crippen molar-refractivity contribution in [2.75, 3.05) is 0 Å². The minimum atomic E-state index is -1.07. The van der Waals surface area contributed by atoms with Crippen LogP contribution in [-0.4, -0.2) is 33.4 Å². The number of phenols is 2. The Kier molecular flexibility index (Phi) is 2.39. The van der Waals surface area contributed by atoms with Crippen molar-refractivity contribution < 1.29 is 10.2 Å². The average molecular weight is 268 g/mol. The third-order valence-corrected chi connectivity index (χ3v) is 3.57. The highest BCUT2D eigenvalue weighted by Crippen LogP contribution is 2.41. The van der Waals surface area contributed by atoms with Crippen LogP contribution in [-0.2, 0) is 0 Å². The van der Waals surface area contributed by atoms with E-state index >= 15 is 0 Å². The van der Waals surface area contributed by atoms with E-state index in [0.717, 1.165) is 0 Å². The lowest BCUT2D eigenvalue weighted by Gasteiger charge is -2.26. The van der Waals surface area contributed by atoms with E-state index in [4.69, 9.17) is 22.0 Å². The van der Waals surface area contributed by atoms with Gasteiger partial charge in [0, 0.05) is 10.8 Å². The van der Waals surface area contributed by atoms with Crippen LogP contribution in [0.5, 0.6) is 11.5 Å². The third kappa shape index (κ3) is 1.33. The Balaban J connectivity index is 2.53. The summed E-state index contributed by atoms with van der Waals surface area (Å²) in [5.41, 5.74) is 5.07. The highest BCUT2D eigenvalue weighted by atomic mass is 16.3. The zero-order valence-electron chi connectivity index (χ0n) is 10.4. The lowest BCUT2D eigenvalue weighted by Crippen LogP contribution is -2.47. The Hall–Kier alpha value is -2.73. The van der Waals surface area contributed by atoms with Crippen molar-refractivity contribution in [1.29, 1.82) is 16.2 Å². The van der Waals surface area contributed by atoms with Gasteiger partial charge in [-0.2, -0.15) is 0 Å². The molecular weight excluding hydrogens is 256 g/mol. The van der Waals surface area contributed by atoms with E-state index in [1.807, 2.05) is 0 Å². The van der Waals surface area contributed by atoms with Crippen LogP contribution in [0.3, 0.4) is 0 Å². The molecule has 0 radical (unpaired) electrons. The van der Waals surface area contributed by atoms with Crippen molar-refractivity contribution in [3.05, 3.63) is 35.4 Å². The minimum absolute atomic E-state index is 0.00194. The van der Waals surface area contributed by atoms with Crippen LogP contribution in [0.25, 0.3) is 10.8 Å². The highest BCUT2D eigenvalue weighted by molar-refractivity contribution is 6.56. The van der Waals surface area contributed by atoms with Crippen LogP contribution in [0.15, 0.2) is 24.3 Å². The molecule has 2 aromatic rings. The van der Waals surface area contributed by atoms with Gasteiger partial charge in [-0.3, -0.25) is 5.41 Å². The molecule has 0 aromatic heterocycles. The number of aromatic hydroxyl groups is 2. The number of hydrogen-bond donors (Lipinski definition) is 6. The smallest absolute Gasteiger partial charge is 0.133 e. The van der Waals surface area contributed by atoms with Gasteiger partial charge < -0.3 is 26.8 Å². The largest absolute Gasteiger partial charge is 0.507 e. The van der Waals surface area contributed by atoms with E-state index in [0.29, 0.717) is 10.8 Å². The maximum atomic E-state index is 10.3. The van der Waals surface area contributed by atoms with Crippen molar-refractivity contribution in [1.82, 2.24) is 0 Å². The zero-order valence-corrected chi connectivity index (χ0v) is 10.4. The standard InChI is InChI=1S/C14H12N4O2/c15-9-7-8(10(16)12(18)11(9)17)14(20)6-4-2-1-3-5(6)13(7)19/h1-4,11,15-16,18-20H,17H2. The SMILES string of the molecule is N=C1C(=N)C(N)C(=N)c2c1c(O)c1ccccc1c2O. The summed E-state index contributed by atoms with van der Waals surface area (Å²) < 4.78 is 0. The fourth-order valence-corrected chi connectivity index (χ4v) is 2.50. The van der Waals surface area contributed by atoms with Crippen molar-refractivity contribution in [2.24, 2.45) is 5.73 Å². The first-order valence-corrected chi connectivity index (χ1v) is 5.94. The zero-order chi connectivity index (χ0) is 14.6. The van der Waals surface area contributed by atoms with Crippen LogP contribution in [0, 0.1) is 16.2 Å². The first-order chi connectivity index (χ1) is 9.45. The van der Waals surface area contributed by atoms with Gasteiger partial charge in [0.25, 0.3) is 0 Å². The topological polar surface area (TPSA) is 138 Å². The molecule has 1 atom stereocenters. The Morgan fingerprint density at radius 1 is 0.850 bits per heavy atom. The molecule has 6 heteroatoms. The van der Waals surface area contributed by atoms with Gasteiger partial charge in [-0.25, -0.2) is 0 Å². The first-order valence-electron chi connectivity index (χ1n) is 5.94. The second kappa shape index (κ2) is 3.88. The number of nitrogens with two attached hydrogens (primary N) is 1. The molecule has 0 amide bonds. The van der Waals surface area contributed by atoms with E-state index in [-0.39, 0.29) is 39.8 Å². The molecule has 6 nitrogen and oxygen atoms in total. The average Bonchev–Trinajstić information content (AvgIpc) is 2.46. The summed E-state index contributed by atoms with van der Waals surface area (Å²) in [7, 11) is 0. The molecule has 3 rings (SSSR count). The molecule has 1 aliphatic rings. The van der Waals surface area contributed by atoms with Crippen molar-refractivity contribution in [3.8, 4) is 11.5 Å². The first kappa shape index (κ1) is 12.3. The molecule has 1 unspecified atom stereocenters. The van der Waals surface area contributed by atoms with Crippen molar-refractivity contribution in [3.63, 3.8) is 0 Å². The summed E-state index contributed by atoms with van der Waals surface area (Å²) in [5.74, 6) is -0.397. The number of hydrogen-bond acceptors (Lipinski definition) is 6. The number of rotatable bonds is 0. The van der Waals surface area contributed by atoms with Crippen LogP contribution >= 0.6 is 0 Å². The lowest BCUT2D eigenvalue weighted by atomic mass is 9.81. The number of phenolic OH excluding ortho intramolecular Hbond substituents is 2. The molecule has 2 aromatic carbocycles. The number of fused-ring (bicyclic) bond motifs is 2. The number of nitrogens with one attached hydrogen (secondary N) is 3. The van der Waals surface area contributed by atoms with Crippen molar-refractivity contribution in [2.45, 2.75) is 6.04 Å². The van der Waals surface area contributed by atoms with Gasteiger partial charge in [-0.15, -0.1) is 0 Å². The molecule has 0 aliphatic heterocycles. The minimum Gasteiger partial charge on any atom is -0.507 e. The lowest BCUT2D eigenvalue weighted by molar-refractivity contribution is 0.467. The fraction of sp³-hybridized carbons (Fsp3) is 0.0714. The molecule has 0 fully saturated rings. The Labute approximate surface area is 114 Å². The number of benzene rings is 2. The molecule has 0 heterocycles. The summed E-state index contributed by atoms with van der Waals surface area (Å²) >= 11 is 0. The normalized spacial score (nSPS) is 18.4. The van der Waals surface area contributed by atoms with Gasteiger partial charge in [0.05, 0.1) is 34.3 Å². The summed E-state index contributed by atoms with van der Waals surface area (Å²) in [6.07, 6.45) is 0. The highest BCUT2D eigenvalue weighted by Gasteiger charge is 2.35. The van der Waals surface area contributed by atoms with Gasteiger partial charge >= 0.3 is 0 Å². The van der Waals surface area contributed by atoms with Crippen LogP contribution in [0.2, 0.25) is 0 Å². The second-order valence-corrected chi connectivity index (χ2v) is 4.67. The fourth-order valence-electron chi connectivity index (χ4n) is 2.50. The van der Waals surface area contributed by atoms with E-state index in [9.17, 15) is 10.2 Å². The van der Waals surface area contributed by atoms with Gasteiger partial charge in [0.15, 0.2) is 0 Å². The molecule has 0 bridgehead atoms. The van der Waals surface area contributed by atoms with Gasteiger partial charge in [0.1, 0.15) is 11.5 Å². The molecular formula is C14H12N4O2. The van der Waals surface area contributed by atoms with Gasteiger partial charge in [-0.1, -0.05) is 24.3 Å². The molecule has 0 saturated heterocycles. The summed E-state index contributed by atoms with van der Waals surface area (Å²) in [5, 5.41) is 45.1. The summed E-state index contributed by atoms with van der Waals surface area (Å²) in [6, 6.07) is 5.56. The quantitative estimate of drug-likeness (QED) is 0.402. The Morgan fingerprint density at radius 3 is 1.90 bits per heavy atom. The van der Waals surface area contributed by atoms with Gasteiger partial charge in [0.2, 0.25) is 0 Å². The maximum Gasteiger partial charge on any atom is 0.133 e. The molecule has 20 heavy (non-hydrogen) atoms. The predicted octanol–water partition coefficient (Wildman–Crippen LogP) is 1.35. The van der Waals surface area contributed by atoms with E-state index < -0.39 is 6.04 Å². The Morgan fingerprint density at radius 2 is 1.35 bits per heavy atom. The van der Waals surface area contributed by atoms with Crippen LogP contribution in [0.4, 0.5) is 0 Å². The van der Waals surface area contributed by atoms with Crippen LogP contribution in [0.1, 0.15) is 11.1 Å². The molecule has 0 spiro atoms. The predicted molar refractivity (Wildman–Crippen MR) is 76.6 cm³/mol. The second-order valence-electron chi connectivity index (χ2n) is 4.67.